The van der Waals surface area contributed by atoms with E-state index in [1.807, 2.05) is 0 Å². The highest BCUT2D eigenvalue weighted by Crippen LogP contribution is 2.16. The number of hydrogen-bond donors (Lipinski definition) is 0. The summed E-state index contributed by atoms with van der Waals surface area (Å²) >= 11 is 0. The predicted octanol–water partition coefficient (Wildman–Crippen LogP) is 3.18. The fourth-order valence-electron chi connectivity index (χ4n) is 1.39. The topological polar surface area (TPSA) is 47.6 Å². The summed E-state index contributed by atoms with van der Waals surface area (Å²) in [6, 6.07) is 17.3. The van der Waals surface area contributed by atoms with Gasteiger partial charge >= 0.3 is 0 Å². The third kappa shape index (κ3) is 2.83. The number of hydrogen-bond acceptors (Lipinski definition) is 2. The summed E-state index contributed by atoms with van der Waals surface area (Å²) in [4.78, 5) is 0. The first-order valence-electron chi connectivity index (χ1n) is 4.52. The van der Waals surface area contributed by atoms with E-state index in [4.69, 9.17) is 10.5 Å². The van der Waals surface area contributed by atoms with E-state index in [0.717, 1.165) is 0 Å². The van der Waals surface area contributed by atoms with Gasteiger partial charge in [0, 0.05) is 0 Å². The van der Waals surface area contributed by atoms with Gasteiger partial charge in [0.1, 0.15) is 0 Å². The van der Waals surface area contributed by atoms with Crippen LogP contribution in [0.2, 0.25) is 0 Å². The van der Waals surface area contributed by atoms with Crippen molar-refractivity contribution in [3.05, 3.63) is 48.0 Å². The summed E-state index contributed by atoms with van der Waals surface area (Å²) < 4.78 is 0. The highest BCUT2D eigenvalue weighted by molar-refractivity contribution is 5.85. The van der Waals surface area contributed by atoms with Crippen LogP contribution in [-0.2, 0) is 0 Å². The van der Waals surface area contributed by atoms with Gasteiger partial charge in [-0.25, -0.2) is 0 Å². The lowest BCUT2D eigenvalue weighted by Gasteiger charge is -1.98. The van der Waals surface area contributed by atoms with Crippen LogP contribution in [0.25, 0.3) is 10.8 Å². The van der Waals surface area contributed by atoms with Crippen molar-refractivity contribution in [2.24, 2.45) is 0 Å². The molecule has 0 saturated carbocycles. The number of benzene rings is 2. The van der Waals surface area contributed by atoms with Crippen LogP contribution < -0.4 is 0 Å². The molecule has 0 amide bonds. The van der Waals surface area contributed by atoms with E-state index in [0.29, 0.717) is 0 Å². The molecule has 2 aromatic carbocycles. The molecule has 15 heavy (non-hydrogen) atoms. The Labute approximate surface area is 89.0 Å². The standard InChI is InChI=1S/C11H10.C2N2/c1-9-5-4-7-10-6-2-3-8-11(9)10;3-1-2-4/h2-8H,1H3;. The molecule has 0 aromatic heterocycles. The highest BCUT2D eigenvalue weighted by atomic mass is 14.3. The van der Waals surface area contributed by atoms with Gasteiger partial charge in [0.05, 0.1) is 0 Å². The zero-order valence-corrected chi connectivity index (χ0v) is 8.44. The fourth-order valence-corrected chi connectivity index (χ4v) is 1.39. The molecule has 0 heterocycles. The van der Waals surface area contributed by atoms with E-state index in [-0.39, 0.29) is 0 Å². The maximum atomic E-state index is 7.26. The van der Waals surface area contributed by atoms with Crippen molar-refractivity contribution in [2.75, 3.05) is 0 Å². The van der Waals surface area contributed by atoms with Crippen LogP contribution >= 0.6 is 0 Å². The molecule has 0 aliphatic carbocycles. The molecular formula is C13H10N2. The van der Waals surface area contributed by atoms with Crippen molar-refractivity contribution < 1.29 is 0 Å². The molecule has 0 aliphatic rings. The average molecular weight is 194 g/mol. The average Bonchev–Trinajstić information content (AvgIpc) is 2.30. The van der Waals surface area contributed by atoms with E-state index >= 15 is 0 Å². The molecule has 2 aromatic rings. The normalized spacial score (nSPS) is 8.20. The molecular weight excluding hydrogens is 184 g/mol. The van der Waals surface area contributed by atoms with Gasteiger partial charge in [-0.2, -0.15) is 10.5 Å². The van der Waals surface area contributed by atoms with E-state index in [9.17, 15) is 0 Å². The first-order valence-corrected chi connectivity index (χ1v) is 4.52. The lowest BCUT2D eigenvalue weighted by molar-refractivity contribution is 1.49. The Bertz CT molecular complexity index is 513. The molecule has 0 unspecified atom stereocenters. The van der Waals surface area contributed by atoms with Gasteiger partial charge in [-0.3, -0.25) is 0 Å². The quantitative estimate of drug-likeness (QED) is 0.646. The molecule has 72 valence electrons. The lowest BCUT2D eigenvalue weighted by Crippen LogP contribution is -1.75. The summed E-state index contributed by atoms with van der Waals surface area (Å²) in [5.74, 6) is 0. The molecule has 0 aliphatic heterocycles. The summed E-state index contributed by atoms with van der Waals surface area (Å²) in [6.07, 6.45) is 0. The minimum atomic E-state index is 1.24. The van der Waals surface area contributed by atoms with E-state index in [1.54, 1.807) is 0 Å². The van der Waals surface area contributed by atoms with Crippen LogP contribution in [0.4, 0.5) is 0 Å². The smallest absolute Gasteiger partial charge is 0.181 e. The van der Waals surface area contributed by atoms with Gasteiger partial charge < -0.3 is 0 Å². The Kier molecular flexibility index (Phi) is 3.89. The van der Waals surface area contributed by atoms with Crippen molar-refractivity contribution >= 4 is 10.8 Å². The SMILES string of the molecule is Cc1cccc2ccccc12.N#CC#N. The third-order valence-electron chi connectivity index (χ3n) is 2.06. The van der Waals surface area contributed by atoms with Crippen LogP contribution in [0.5, 0.6) is 0 Å². The highest BCUT2D eigenvalue weighted by Gasteiger charge is 1.92. The maximum absolute atomic E-state index is 7.26. The predicted molar refractivity (Wildman–Crippen MR) is 59.9 cm³/mol. The van der Waals surface area contributed by atoms with E-state index in [2.05, 4.69) is 49.4 Å². The van der Waals surface area contributed by atoms with Crippen molar-refractivity contribution in [3.8, 4) is 12.1 Å². The van der Waals surface area contributed by atoms with Crippen LogP contribution in [0.1, 0.15) is 5.56 Å². The van der Waals surface area contributed by atoms with Crippen LogP contribution in [0.15, 0.2) is 42.5 Å². The number of rotatable bonds is 0. The minimum Gasteiger partial charge on any atom is -0.181 e. The zero-order chi connectivity index (χ0) is 11.1. The van der Waals surface area contributed by atoms with Gasteiger partial charge in [-0.1, -0.05) is 42.5 Å². The summed E-state index contributed by atoms with van der Waals surface area (Å²) in [7, 11) is 0. The number of nitriles is 2. The third-order valence-corrected chi connectivity index (χ3v) is 2.06. The first-order chi connectivity index (χ1) is 7.29. The van der Waals surface area contributed by atoms with Gasteiger partial charge in [0.25, 0.3) is 0 Å². The van der Waals surface area contributed by atoms with E-state index < -0.39 is 0 Å². The summed E-state index contributed by atoms with van der Waals surface area (Å²) in [5.41, 5.74) is 1.35. The Hall–Kier alpha value is -2.32. The molecule has 0 spiro atoms. The second-order valence-electron chi connectivity index (χ2n) is 3.02. The maximum Gasteiger partial charge on any atom is 0.181 e. The molecule has 0 bridgehead atoms. The van der Waals surface area contributed by atoms with Crippen LogP contribution in [0, 0.1) is 29.6 Å². The lowest BCUT2D eigenvalue weighted by atomic mass is 10.1. The second kappa shape index (κ2) is 5.42. The Balaban J connectivity index is 0.000000245. The Morgan fingerprint density at radius 1 is 0.867 bits per heavy atom. The monoisotopic (exact) mass is 194 g/mol. The van der Waals surface area contributed by atoms with Crippen molar-refractivity contribution in [1.29, 1.82) is 10.5 Å². The first kappa shape index (κ1) is 10.8. The van der Waals surface area contributed by atoms with Crippen molar-refractivity contribution in [1.82, 2.24) is 0 Å². The molecule has 0 saturated heterocycles. The number of aryl methyl sites for hydroxylation is 1. The van der Waals surface area contributed by atoms with Crippen molar-refractivity contribution in [3.63, 3.8) is 0 Å². The van der Waals surface area contributed by atoms with Gasteiger partial charge in [0.2, 0.25) is 0 Å². The molecule has 0 fully saturated rings. The second-order valence-corrected chi connectivity index (χ2v) is 3.02. The van der Waals surface area contributed by atoms with Crippen LogP contribution in [0.3, 0.4) is 0 Å². The molecule has 0 N–H and O–H groups in total. The van der Waals surface area contributed by atoms with Crippen molar-refractivity contribution in [2.45, 2.75) is 6.92 Å². The Morgan fingerprint density at radius 3 is 2.07 bits per heavy atom. The molecule has 0 atom stereocenters. The Morgan fingerprint density at radius 2 is 1.47 bits per heavy atom. The largest absolute Gasteiger partial charge is 0.181 e. The van der Waals surface area contributed by atoms with Gasteiger partial charge in [0.15, 0.2) is 12.1 Å². The number of nitrogens with zero attached hydrogens (tertiary/aromatic N) is 2. The summed E-state index contributed by atoms with van der Waals surface area (Å²) in [6.45, 7) is 2.14. The summed E-state index contributed by atoms with van der Waals surface area (Å²) in [5, 5.41) is 17.2. The van der Waals surface area contributed by atoms with Gasteiger partial charge in [-0.15, -0.1) is 0 Å². The zero-order valence-electron chi connectivity index (χ0n) is 8.44. The molecule has 2 heteroatoms. The van der Waals surface area contributed by atoms with Crippen LogP contribution in [-0.4, -0.2) is 0 Å². The number of fused-ring (bicyclic) bond motifs is 1. The van der Waals surface area contributed by atoms with Gasteiger partial charge in [-0.05, 0) is 23.3 Å². The van der Waals surface area contributed by atoms with E-state index in [1.165, 1.54) is 28.5 Å². The molecule has 2 nitrogen and oxygen atoms in total. The fraction of sp³-hybridized carbons (Fsp3) is 0.0769. The molecule has 0 radical (unpaired) electrons. The molecule has 2 rings (SSSR count). The minimum absolute atomic E-state index is 1.24.